The van der Waals surface area contributed by atoms with E-state index < -0.39 is 27.6 Å². The SMILES string of the molecule is CS(=O)(=O)CCCN(Cc1ccccc1Cl)C(=O)c1cc(C(F)(F)F)n[nH]1. The van der Waals surface area contributed by atoms with Crippen molar-refractivity contribution in [2.75, 3.05) is 18.6 Å². The molecule has 6 nitrogen and oxygen atoms in total. The first-order chi connectivity index (χ1) is 12.5. The van der Waals surface area contributed by atoms with Gasteiger partial charge in [0.15, 0.2) is 5.69 Å². The fraction of sp³-hybridized carbons (Fsp3) is 0.375. The molecular weight excluding hydrogens is 407 g/mol. The molecule has 0 atom stereocenters. The highest BCUT2D eigenvalue weighted by Gasteiger charge is 2.35. The van der Waals surface area contributed by atoms with Crippen LogP contribution in [0.3, 0.4) is 0 Å². The number of aromatic nitrogens is 2. The third kappa shape index (κ3) is 6.24. The molecule has 148 valence electrons. The number of carbonyl (C=O) groups excluding carboxylic acids is 1. The number of sulfone groups is 1. The summed E-state index contributed by atoms with van der Waals surface area (Å²) in [6.45, 7) is 0.0418. The Labute approximate surface area is 159 Å². The highest BCUT2D eigenvalue weighted by Crippen LogP contribution is 2.28. The molecule has 1 N–H and O–H groups in total. The van der Waals surface area contributed by atoms with Crippen molar-refractivity contribution in [2.45, 2.75) is 19.1 Å². The average Bonchev–Trinajstić information content (AvgIpc) is 3.04. The Balaban J connectivity index is 2.23. The van der Waals surface area contributed by atoms with Crippen LogP contribution in [0.2, 0.25) is 5.02 Å². The van der Waals surface area contributed by atoms with Crippen LogP contribution in [0.5, 0.6) is 0 Å². The van der Waals surface area contributed by atoms with Gasteiger partial charge in [-0.2, -0.15) is 18.3 Å². The van der Waals surface area contributed by atoms with Crippen LogP contribution in [-0.4, -0.2) is 48.0 Å². The van der Waals surface area contributed by atoms with E-state index in [2.05, 4.69) is 10.2 Å². The Kier molecular flexibility index (Phi) is 6.53. The van der Waals surface area contributed by atoms with E-state index in [1.165, 1.54) is 4.90 Å². The van der Waals surface area contributed by atoms with Crippen LogP contribution in [0, 0.1) is 0 Å². The van der Waals surface area contributed by atoms with Crippen molar-refractivity contribution in [1.29, 1.82) is 0 Å². The second-order valence-corrected chi connectivity index (χ2v) is 8.63. The fourth-order valence-electron chi connectivity index (χ4n) is 2.35. The number of benzene rings is 1. The lowest BCUT2D eigenvalue weighted by atomic mass is 10.2. The Morgan fingerprint density at radius 3 is 2.52 bits per heavy atom. The molecule has 0 bridgehead atoms. The molecule has 2 rings (SSSR count). The van der Waals surface area contributed by atoms with Gasteiger partial charge in [0.25, 0.3) is 5.91 Å². The number of hydrogen-bond acceptors (Lipinski definition) is 4. The maximum absolute atomic E-state index is 12.7. The first kappa shape index (κ1) is 21.2. The van der Waals surface area contributed by atoms with E-state index in [9.17, 15) is 26.4 Å². The first-order valence-electron chi connectivity index (χ1n) is 7.80. The maximum Gasteiger partial charge on any atom is 0.435 e. The lowest BCUT2D eigenvalue weighted by Crippen LogP contribution is -2.32. The zero-order valence-electron chi connectivity index (χ0n) is 14.3. The summed E-state index contributed by atoms with van der Waals surface area (Å²) in [4.78, 5) is 13.9. The summed E-state index contributed by atoms with van der Waals surface area (Å²) < 4.78 is 60.7. The molecule has 0 aliphatic rings. The summed E-state index contributed by atoms with van der Waals surface area (Å²) >= 11 is 6.09. The van der Waals surface area contributed by atoms with Crippen molar-refractivity contribution in [1.82, 2.24) is 15.1 Å². The van der Waals surface area contributed by atoms with Gasteiger partial charge in [0.05, 0.1) is 5.75 Å². The van der Waals surface area contributed by atoms with Crippen LogP contribution in [-0.2, 0) is 22.6 Å². The van der Waals surface area contributed by atoms with Crippen LogP contribution in [0.15, 0.2) is 30.3 Å². The predicted octanol–water partition coefficient (Wildman–Crippen LogP) is 3.16. The quantitative estimate of drug-likeness (QED) is 0.741. The second-order valence-electron chi connectivity index (χ2n) is 5.97. The Morgan fingerprint density at radius 1 is 1.30 bits per heavy atom. The molecule has 0 aliphatic heterocycles. The minimum absolute atomic E-state index is 0.0165. The third-order valence-electron chi connectivity index (χ3n) is 3.65. The van der Waals surface area contributed by atoms with Gasteiger partial charge in [0, 0.05) is 30.4 Å². The summed E-state index contributed by atoms with van der Waals surface area (Å²) in [6.07, 6.45) is -3.48. The van der Waals surface area contributed by atoms with E-state index in [0.29, 0.717) is 16.7 Å². The number of nitrogens with zero attached hydrogens (tertiary/aromatic N) is 2. The van der Waals surface area contributed by atoms with Crippen molar-refractivity contribution in [3.8, 4) is 0 Å². The second kappa shape index (κ2) is 8.30. The summed E-state index contributed by atoms with van der Waals surface area (Å²) in [5.41, 5.74) is -0.962. The summed E-state index contributed by atoms with van der Waals surface area (Å²) in [5, 5.41) is 5.59. The molecule has 0 saturated heterocycles. The minimum Gasteiger partial charge on any atom is -0.333 e. The van der Waals surface area contributed by atoms with Gasteiger partial charge in [-0.05, 0) is 18.1 Å². The van der Waals surface area contributed by atoms with Crippen molar-refractivity contribution in [2.24, 2.45) is 0 Å². The van der Waals surface area contributed by atoms with Gasteiger partial charge >= 0.3 is 6.18 Å². The van der Waals surface area contributed by atoms with Crippen molar-refractivity contribution < 1.29 is 26.4 Å². The lowest BCUT2D eigenvalue weighted by molar-refractivity contribution is -0.141. The molecule has 1 aromatic carbocycles. The first-order valence-corrected chi connectivity index (χ1v) is 10.2. The zero-order valence-corrected chi connectivity index (χ0v) is 15.8. The predicted molar refractivity (Wildman–Crippen MR) is 94.1 cm³/mol. The van der Waals surface area contributed by atoms with E-state index >= 15 is 0 Å². The molecule has 1 heterocycles. The molecular formula is C16H17ClF3N3O3S. The Morgan fingerprint density at radius 2 is 1.96 bits per heavy atom. The lowest BCUT2D eigenvalue weighted by Gasteiger charge is -2.22. The number of halogens is 4. The van der Waals surface area contributed by atoms with Gasteiger partial charge < -0.3 is 4.90 Å². The molecule has 1 amide bonds. The van der Waals surface area contributed by atoms with Gasteiger partial charge in [-0.1, -0.05) is 29.8 Å². The molecule has 0 saturated carbocycles. The van der Waals surface area contributed by atoms with Gasteiger partial charge in [-0.25, -0.2) is 8.42 Å². The largest absolute Gasteiger partial charge is 0.435 e. The topological polar surface area (TPSA) is 83.1 Å². The number of nitrogens with one attached hydrogen (secondary N) is 1. The zero-order chi connectivity index (χ0) is 20.2. The number of rotatable bonds is 7. The Hall–Kier alpha value is -2.07. The molecule has 27 heavy (non-hydrogen) atoms. The third-order valence-corrected chi connectivity index (χ3v) is 5.05. The average molecular weight is 424 g/mol. The van der Waals surface area contributed by atoms with Crippen molar-refractivity contribution in [3.05, 3.63) is 52.3 Å². The van der Waals surface area contributed by atoms with Crippen LogP contribution in [0.4, 0.5) is 13.2 Å². The molecule has 11 heteroatoms. The van der Waals surface area contributed by atoms with Crippen LogP contribution in [0.25, 0.3) is 0 Å². The molecule has 0 fully saturated rings. The Bertz CT molecular complexity index is 913. The van der Waals surface area contributed by atoms with E-state index in [0.717, 1.165) is 6.26 Å². The van der Waals surface area contributed by atoms with Crippen LogP contribution in [0.1, 0.15) is 28.2 Å². The number of carbonyl (C=O) groups is 1. The molecule has 1 aromatic heterocycles. The molecule has 2 aromatic rings. The molecule has 0 spiro atoms. The van der Waals surface area contributed by atoms with Crippen molar-refractivity contribution in [3.63, 3.8) is 0 Å². The van der Waals surface area contributed by atoms with E-state index in [1.54, 1.807) is 24.3 Å². The number of H-pyrrole nitrogens is 1. The van der Waals surface area contributed by atoms with Crippen molar-refractivity contribution >= 4 is 27.3 Å². The van der Waals surface area contributed by atoms with Gasteiger partial charge in [0.2, 0.25) is 0 Å². The number of amides is 1. The van der Waals surface area contributed by atoms with E-state index in [-0.39, 0.29) is 31.0 Å². The molecule has 0 unspecified atom stereocenters. The number of aromatic amines is 1. The molecule has 0 radical (unpaired) electrons. The van der Waals surface area contributed by atoms with E-state index in [4.69, 9.17) is 11.6 Å². The van der Waals surface area contributed by atoms with Crippen LogP contribution < -0.4 is 0 Å². The van der Waals surface area contributed by atoms with E-state index in [1.807, 2.05) is 0 Å². The number of alkyl halides is 3. The normalized spacial score (nSPS) is 12.2. The van der Waals surface area contributed by atoms with Gasteiger partial charge in [-0.3, -0.25) is 9.89 Å². The smallest absolute Gasteiger partial charge is 0.333 e. The number of hydrogen-bond donors (Lipinski definition) is 1. The summed E-state index contributed by atoms with van der Waals surface area (Å²) in [7, 11) is -3.24. The highest BCUT2D eigenvalue weighted by atomic mass is 35.5. The highest BCUT2D eigenvalue weighted by molar-refractivity contribution is 7.90. The summed E-state index contributed by atoms with van der Waals surface area (Å²) in [5.74, 6) is -0.887. The fourth-order valence-corrected chi connectivity index (χ4v) is 3.20. The maximum atomic E-state index is 12.7. The standard InChI is InChI=1S/C16H17ClF3N3O3S/c1-27(25,26)8-4-7-23(10-11-5-2-3-6-12(11)17)15(24)13-9-14(22-21-13)16(18,19)20/h2-3,5-6,9H,4,7-8,10H2,1H3,(H,21,22). The summed E-state index contributed by atoms with van der Waals surface area (Å²) in [6, 6.07) is 7.32. The minimum atomic E-state index is -4.68. The molecule has 0 aliphatic carbocycles. The monoisotopic (exact) mass is 423 g/mol. The van der Waals surface area contributed by atoms with Crippen LogP contribution >= 0.6 is 11.6 Å². The van der Waals surface area contributed by atoms with Gasteiger partial charge in [0.1, 0.15) is 15.5 Å². The van der Waals surface area contributed by atoms with Gasteiger partial charge in [-0.15, -0.1) is 0 Å².